The fourth-order valence-electron chi connectivity index (χ4n) is 3.07. The van der Waals surface area contributed by atoms with Gasteiger partial charge in [0.05, 0.1) is 4.92 Å². The highest BCUT2D eigenvalue weighted by Gasteiger charge is 2.31. The molecule has 112 valence electrons. The van der Waals surface area contributed by atoms with E-state index < -0.39 is 0 Å². The van der Waals surface area contributed by atoms with Gasteiger partial charge in [-0.3, -0.25) is 10.1 Å². The van der Waals surface area contributed by atoms with Crippen LogP contribution >= 0.6 is 0 Å². The van der Waals surface area contributed by atoms with E-state index in [-0.39, 0.29) is 16.0 Å². The van der Waals surface area contributed by atoms with Crippen molar-refractivity contribution in [3.63, 3.8) is 0 Å². The molecule has 0 unspecified atom stereocenters. The van der Waals surface area contributed by atoms with Crippen LogP contribution < -0.4 is 5.32 Å². The molecule has 1 N–H and O–H groups in total. The molecule has 20 heavy (non-hydrogen) atoms. The van der Waals surface area contributed by atoms with E-state index in [1.54, 1.807) is 11.7 Å². The first kappa shape index (κ1) is 14.8. The Kier molecular flexibility index (Phi) is 4.30. The van der Waals surface area contributed by atoms with E-state index in [9.17, 15) is 10.1 Å². The van der Waals surface area contributed by atoms with Crippen molar-refractivity contribution in [1.29, 1.82) is 0 Å². The van der Waals surface area contributed by atoms with E-state index in [1.165, 1.54) is 25.7 Å². The van der Waals surface area contributed by atoms with Gasteiger partial charge in [0.15, 0.2) is 0 Å². The Morgan fingerprint density at radius 3 is 2.65 bits per heavy atom. The molecule has 0 atom stereocenters. The van der Waals surface area contributed by atoms with Gasteiger partial charge in [-0.25, -0.2) is 4.68 Å². The molecule has 0 aromatic carbocycles. The summed E-state index contributed by atoms with van der Waals surface area (Å²) >= 11 is 0. The second kappa shape index (κ2) is 5.81. The third-order valence-corrected chi connectivity index (χ3v) is 4.25. The first-order chi connectivity index (χ1) is 9.47. The van der Waals surface area contributed by atoms with E-state index in [0.717, 1.165) is 13.0 Å². The number of rotatable bonds is 6. The number of hydrogen-bond donors (Lipinski definition) is 1. The molecule has 0 amide bonds. The summed E-state index contributed by atoms with van der Waals surface area (Å²) in [6.45, 7) is 5.03. The molecule has 1 aliphatic carbocycles. The van der Waals surface area contributed by atoms with Crippen LogP contribution in [0.5, 0.6) is 0 Å². The molecule has 1 aromatic heterocycles. The highest BCUT2D eigenvalue weighted by atomic mass is 16.6. The summed E-state index contributed by atoms with van der Waals surface area (Å²) in [5.41, 5.74) is 0.985. The molecule has 6 heteroatoms. The molecule has 0 spiro atoms. The van der Waals surface area contributed by atoms with Crippen LogP contribution in [0.15, 0.2) is 0 Å². The Morgan fingerprint density at radius 1 is 1.45 bits per heavy atom. The smallest absolute Gasteiger partial charge is 0.333 e. The second-order valence-corrected chi connectivity index (χ2v) is 6.15. The molecular formula is C14H24N4O2. The Labute approximate surface area is 119 Å². The third kappa shape index (κ3) is 2.94. The maximum Gasteiger partial charge on any atom is 0.333 e. The van der Waals surface area contributed by atoms with Crippen molar-refractivity contribution in [3.05, 3.63) is 15.8 Å². The molecular weight excluding hydrogens is 256 g/mol. The van der Waals surface area contributed by atoms with Crippen LogP contribution in [0.25, 0.3) is 0 Å². The van der Waals surface area contributed by atoms with Gasteiger partial charge in [0.2, 0.25) is 5.82 Å². The molecule has 1 saturated carbocycles. The quantitative estimate of drug-likeness (QED) is 0.641. The zero-order valence-electron chi connectivity index (χ0n) is 12.6. The largest absolute Gasteiger partial charge is 0.364 e. The molecule has 0 bridgehead atoms. The molecule has 0 radical (unpaired) electrons. The lowest BCUT2D eigenvalue weighted by Gasteiger charge is -2.23. The topological polar surface area (TPSA) is 73.0 Å². The zero-order chi connectivity index (χ0) is 14.8. The Bertz CT molecular complexity index is 490. The van der Waals surface area contributed by atoms with Gasteiger partial charge in [-0.05, 0) is 24.7 Å². The van der Waals surface area contributed by atoms with Crippen molar-refractivity contribution < 1.29 is 4.92 Å². The summed E-state index contributed by atoms with van der Waals surface area (Å²) < 4.78 is 1.61. The van der Waals surface area contributed by atoms with E-state index in [4.69, 9.17) is 0 Å². The molecule has 0 aliphatic heterocycles. The average molecular weight is 280 g/mol. The van der Waals surface area contributed by atoms with Gasteiger partial charge in [-0.1, -0.05) is 33.1 Å². The predicted octanol–water partition coefficient (Wildman–Crippen LogP) is 3.27. The number of nitro groups is 1. The maximum absolute atomic E-state index is 11.3. The molecule has 0 saturated heterocycles. The molecule has 1 aliphatic rings. The first-order valence-electron chi connectivity index (χ1n) is 7.41. The summed E-state index contributed by atoms with van der Waals surface area (Å²) in [7, 11) is 1.77. The van der Waals surface area contributed by atoms with Gasteiger partial charge in [0, 0.05) is 13.6 Å². The van der Waals surface area contributed by atoms with Crippen LogP contribution in [0, 0.1) is 15.5 Å². The standard InChI is InChI=1S/C14H24N4O2/c1-4-7-11-12(18(19)20)13(17(3)16-11)15-10-14(2)8-5-6-9-14/h15H,4-10H2,1-3H3. The lowest BCUT2D eigenvalue weighted by molar-refractivity contribution is -0.384. The zero-order valence-corrected chi connectivity index (χ0v) is 12.6. The minimum atomic E-state index is -0.308. The van der Waals surface area contributed by atoms with Gasteiger partial charge in [-0.2, -0.15) is 5.10 Å². The lowest BCUT2D eigenvalue weighted by Crippen LogP contribution is -2.24. The minimum absolute atomic E-state index is 0.149. The van der Waals surface area contributed by atoms with Crippen LogP contribution in [0.4, 0.5) is 11.5 Å². The van der Waals surface area contributed by atoms with Crippen molar-refractivity contribution in [2.75, 3.05) is 11.9 Å². The summed E-state index contributed by atoms with van der Waals surface area (Å²) in [6.07, 6.45) is 6.39. The molecule has 1 aromatic rings. The Balaban J connectivity index is 2.19. The summed E-state index contributed by atoms with van der Waals surface area (Å²) in [6, 6.07) is 0. The van der Waals surface area contributed by atoms with Gasteiger partial charge >= 0.3 is 5.69 Å². The number of aromatic nitrogens is 2. The normalized spacial score (nSPS) is 17.4. The van der Waals surface area contributed by atoms with Gasteiger partial charge in [0.1, 0.15) is 5.69 Å². The van der Waals surface area contributed by atoms with Crippen molar-refractivity contribution in [2.24, 2.45) is 12.5 Å². The highest BCUT2D eigenvalue weighted by Crippen LogP contribution is 2.38. The van der Waals surface area contributed by atoms with Crippen LogP contribution in [0.1, 0.15) is 51.6 Å². The number of aryl methyl sites for hydroxylation is 2. The van der Waals surface area contributed by atoms with Gasteiger partial charge in [-0.15, -0.1) is 0 Å². The van der Waals surface area contributed by atoms with Crippen LogP contribution in [0.3, 0.4) is 0 Å². The van der Waals surface area contributed by atoms with Crippen molar-refractivity contribution >= 4 is 11.5 Å². The van der Waals surface area contributed by atoms with Crippen LogP contribution in [-0.4, -0.2) is 21.2 Å². The molecule has 1 fully saturated rings. The van der Waals surface area contributed by atoms with E-state index >= 15 is 0 Å². The number of hydrogen-bond acceptors (Lipinski definition) is 4. The highest BCUT2D eigenvalue weighted by molar-refractivity contribution is 5.60. The number of nitrogens with one attached hydrogen (secondary N) is 1. The van der Waals surface area contributed by atoms with Gasteiger partial charge < -0.3 is 5.32 Å². The predicted molar refractivity (Wildman–Crippen MR) is 78.9 cm³/mol. The van der Waals surface area contributed by atoms with E-state index in [1.807, 2.05) is 6.92 Å². The minimum Gasteiger partial charge on any atom is -0.364 e. The maximum atomic E-state index is 11.3. The molecule has 6 nitrogen and oxygen atoms in total. The summed E-state index contributed by atoms with van der Waals surface area (Å²) in [4.78, 5) is 11.0. The first-order valence-corrected chi connectivity index (χ1v) is 7.41. The van der Waals surface area contributed by atoms with E-state index in [2.05, 4.69) is 17.3 Å². The monoisotopic (exact) mass is 280 g/mol. The molecule has 1 heterocycles. The SMILES string of the molecule is CCCc1nn(C)c(NCC2(C)CCCC2)c1[N+](=O)[O-]. The van der Waals surface area contributed by atoms with Crippen molar-refractivity contribution in [1.82, 2.24) is 9.78 Å². The van der Waals surface area contributed by atoms with Crippen molar-refractivity contribution in [2.45, 2.75) is 52.4 Å². The second-order valence-electron chi connectivity index (χ2n) is 6.15. The molecule has 2 rings (SSSR count). The Morgan fingerprint density at radius 2 is 2.10 bits per heavy atom. The van der Waals surface area contributed by atoms with Crippen LogP contribution in [-0.2, 0) is 13.5 Å². The fourth-order valence-corrected chi connectivity index (χ4v) is 3.07. The fraction of sp³-hybridized carbons (Fsp3) is 0.786. The number of nitrogens with zero attached hydrogens (tertiary/aromatic N) is 3. The van der Waals surface area contributed by atoms with Crippen LogP contribution in [0.2, 0.25) is 0 Å². The van der Waals surface area contributed by atoms with E-state index in [0.29, 0.717) is 17.9 Å². The lowest BCUT2D eigenvalue weighted by atomic mass is 9.89. The summed E-state index contributed by atoms with van der Waals surface area (Å²) in [5, 5.41) is 18.9. The third-order valence-electron chi connectivity index (χ3n) is 4.25. The van der Waals surface area contributed by atoms with Crippen molar-refractivity contribution in [3.8, 4) is 0 Å². The average Bonchev–Trinajstić information content (AvgIpc) is 2.92. The Hall–Kier alpha value is -1.59. The summed E-state index contributed by atoms with van der Waals surface area (Å²) in [5.74, 6) is 0.548. The number of anilines is 1. The van der Waals surface area contributed by atoms with Gasteiger partial charge in [0.25, 0.3) is 0 Å².